The molecule has 2 aromatic rings. The minimum atomic E-state index is -0.184. The van der Waals surface area contributed by atoms with E-state index in [1.54, 1.807) is 0 Å². The smallest absolute Gasteiger partial charge is 0.240 e. The maximum atomic E-state index is 11.9. The molecule has 3 nitrogen and oxygen atoms in total. The Bertz CT molecular complexity index is 576. The van der Waals surface area contributed by atoms with Crippen molar-refractivity contribution < 1.29 is 4.79 Å². The summed E-state index contributed by atoms with van der Waals surface area (Å²) in [6.07, 6.45) is 1.96. The third-order valence-electron chi connectivity index (χ3n) is 2.75. The van der Waals surface area contributed by atoms with E-state index in [-0.39, 0.29) is 11.4 Å². The van der Waals surface area contributed by atoms with Gasteiger partial charge in [0.05, 0.1) is 0 Å². The monoisotopic (exact) mass is 244 g/mol. The summed E-state index contributed by atoms with van der Waals surface area (Å²) in [5.41, 5.74) is 2.15. The summed E-state index contributed by atoms with van der Waals surface area (Å²) in [6.45, 7) is 8.40. The van der Waals surface area contributed by atoms with E-state index < -0.39 is 0 Å². The summed E-state index contributed by atoms with van der Waals surface area (Å²) < 4.78 is 1.98. The van der Waals surface area contributed by atoms with E-state index in [0.29, 0.717) is 6.54 Å². The van der Waals surface area contributed by atoms with E-state index in [1.807, 2.05) is 37.6 Å². The first-order valence-electron chi connectivity index (χ1n) is 6.22. The van der Waals surface area contributed by atoms with Gasteiger partial charge in [0.25, 0.3) is 0 Å². The Balaban J connectivity index is 2.20. The van der Waals surface area contributed by atoms with Gasteiger partial charge >= 0.3 is 0 Å². The van der Waals surface area contributed by atoms with Crippen LogP contribution in [0.2, 0.25) is 0 Å². The number of hydrogen-bond acceptors (Lipinski definition) is 1. The first kappa shape index (κ1) is 12.7. The molecular formula is C15H20N2O. The van der Waals surface area contributed by atoms with Gasteiger partial charge in [0.15, 0.2) is 0 Å². The molecule has 1 aromatic heterocycles. The second-order valence-corrected chi connectivity index (χ2v) is 5.80. The lowest BCUT2D eigenvalue weighted by Crippen LogP contribution is -2.42. The molecule has 0 aliphatic heterocycles. The molecule has 0 saturated carbocycles. The number of carbonyl (C=O) groups excluding carboxylic acids is 1. The van der Waals surface area contributed by atoms with Crippen LogP contribution in [0.25, 0.3) is 10.9 Å². The van der Waals surface area contributed by atoms with Gasteiger partial charge < -0.3 is 9.88 Å². The van der Waals surface area contributed by atoms with Crippen LogP contribution in [0.3, 0.4) is 0 Å². The molecule has 0 spiro atoms. The Morgan fingerprint density at radius 1 is 1.28 bits per heavy atom. The van der Waals surface area contributed by atoms with Crippen molar-refractivity contribution in [3.8, 4) is 0 Å². The molecule has 0 saturated heterocycles. The van der Waals surface area contributed by atoms with Crippen molar-refractivity contribution in [2.45, 2.75) is 39.8 Å². The predicted molar refractivity (Wildman–Crippen MR) is 74.6 cm³/mol. The molecule has 0 unspecified atom stereocenters. The largest absolute Gasteiger partial charge is 0.350 e. The van der Waals surface area contributed by atoms with Crippen LogP contribution in [0.1, 0.15) is 26.3 Å². The fourth-order valence-corrected chi connectivity index (χ4v) is 2.07. The van der Waals surface area contributed by atoms with Crippen molar-refractivity contribution in [2.24, 2.45) is 0 Å². The summed E-state index contributed by atoms with van der Waals surface area (Å²) >= 11 is 0. The number of rotatable bonds is 2. The van der Waals surface area contributed by atoms with Crippen molar-refractivity contribution in [2.75, 3.05) is 0 Å². The minimum absolute atomic E-state index is 0.0422. The standard InChI is InChI=1S/C15H20N2O/c1-11-5-6-13-12(9-11)7-8-17(13)10-14(18)16-15(2,3)4/h5-9H,10H2,1-4H3,(H,16,18). The Labute approximate surface area is 108 Å². The number of amides is 1. The van der Waals surface area contributed by atoms with Crippen molar-refractivity contribution in [3.05, 3.63) is 36.0 Å². The van der Waals surface area contributed by atoms with Crippen LogP contribution >= 0.6 is 0 Å². The first-order chi connectivity index (χ1) is 8.35. The normalized spacial score (nSPS) is 11.8. The summed E-state index contributed by atoms with van der Waals surface area (Å²) in [5, 5.41) is 4.15. The molecule has 0 radical (unpaired) electrons. The molecule has 0 aliphatic carbocycles. The highest BCUT2D eigenvalue weighted by atomic mass is 16.2. The first-order valence-corrected chi connectivity index (χ1v) is 6.22. The number of hydrogen-bond donors (Lipinski definition) is 1. The highest BCUT2D eigenvalue weighted by Gasteiger charge is 2.14. The van der Waals surface area contributed by atoms with E-state index in [2.05, 4.69) is 30.4 Å². The summed E-state index contributed by atoms with van der Waals surface area (Å²) in [6, 6.07) is 8.32. The van der Waals surface area contributed by atoms with Crippen LogP contribution in [0.15, 0.2) is 30.5 Å². The van der Waals surface area contributed by atoms with Gasteiger partial charge in [-0.2, -0.15) is 0 Å². The Kier molecular flexibility index (Phi) is 3.16. The van der Waals surface area contributed by atoms with E-state index in [0.717, 1.165) is 5.52 Å². The summed E-state index contributed by atoms with van der Waals surface area (Å²) in [7, 11) is 0. The van der Waals surface area contributed by atoms with Crippen molar-refractivity contribution in [1.82, 2.24) is 9.88 Å². The van der Waals surface area contributed by atoms with Crippen molar-refractivity contribution in [1.29, 1.82) is 0 Å². The number of aryl methyl sites for hydroxylation is 1. The quantitative estimate of drug-likeness (QED) is 0.866. The third kappa shape index (κ3) is 2.92. The Morgan fingerprint density at radius 2 is 2.00 bits per heavy atom. The summed E-state index contributed by atoms with van der Waals surface area (Å²) in [5.74, 6) is 0.0422. The molecule has 0 atom stereocenters. The molecule has 1 N–H and O–H groups in total. The van der Waals surface area contributed by atoms with Gasteiger partial charge in [-0.15, -0.1) is 0 Å². The number of fused-ring (bicyclic) bond motifs is 1. The molecule has 1 heterocycles. The van der Waals surface area contributed by atoms with Gasteiger partial charge in [-0.3, -0.25) is 4.79 Å². The van der Waals surface area contributed by atoms with Crippen LogP contribution in [-0.4, -0.2) is 16.0 Å². The van der Waals surface area contributed by atoms with Crippen LogP contribution in [0, 0.1) is 6.92 Å². The number of nitrogens with one attached hydrogen (secondary N) is 1. The fourth-order valence-electron chi connectivity index (χ4n) is 2.07. The number of carbonyl (C=O) groups is 1. The molecule has 1 amide bonds. The van der Waals surface area contributed by atoms with Crippen LogP contribution in [0.5, 0.6) is 0 Å². The van der Waals surface area contributed by atoms with Gasteiger partial charge in [0.1, 0.15) is 6.54 Å². The highest BCUT2D eigenvalue weighted by molar-refractivity contribution is 5.84. The van der Waals surface area contributed by atoms with E-state index in [9.17, 15) is 4.79 Å². The minimum Gasteiger partial charge on any atom is -0.350 e. The molecule has 1 aromatic carbocycles. The van der Waals surface area contributed by atoms with E-state index in [1.165, 1.54) is 10.9 Å². The SMILES string of the molecule is Cc1ccc2c(ccn2CC(=O)NC(C)(C)C)c1. The Hall–Kier alpha value is -1.77. The maximum Gasteiger partial charge on any atom is 0.240 e. The van der Waals surface area contributed by atoms with Crippen LogP contribution in [0.4, 0.5) is 0 Å². The number of aromatic nitrogens is 1. The molecule has 0 aliphatic rings. The molecule has 96 valence electrons. The topological polar surface area (TPSA) is 34.0 Å². The summed E-state index contributed by atoms with van der Waals surface area (Å²) in [4.78, 5) is 11.9. The van der Waals surface area contributed by atoms with Gasteiger partial charge in [-0.1, -0.05) is 11.6 Å². The number of nitrogens with zero attached hydrogens (tertiary/aromatic N) is 1. The lowest BCUT2D eigenvalue weighted by atomic mass is 10.1. The highest BCUT2D eigenvalue weighted by Crippen LogP contribution is 2.17. The lowest BCUT2D eigenvalue weighted by molar-refractivity contribution is -0.123. The fraction of sp³-hybridized carbons (Fsp3) is 0.400. The molecule has 0 bridgehead atoms. The average Bonchev–Trinajstić information content (AvgIpc) is 2.57. The molecule has 3 heteroatoms. The molecule has 2 rings (SSSR count). The average molecular weight is 244 g/mol. The molecule has 18 heavy (non-hydrogen) atoms. The maximum absolute atomic E-state index is 11.9. The van der Waals surface area contributed by atoms with Crippen molar-refractivity contribution in [3.63, 3.8) is 0 Å². The number of benzene rings is 1. The zero-order valence-corrected chi connectivity index (χ0v) is 11.4. The van der Waals surface area contributed by atoms with Crippen LogP contribution < -0.4 is 5.32 Å². The van der Waals surface area contributed by atoms with Crippen LogP contribution in [-0.2, 0) is 11.3 Å². The van der Waals surface area contributed by atoms with E-state index >= 15 is 0 Å². The zero-order chi connectivity index (χ0) is 13.3. The van der Waals surface area contributed by atoms with Gasteiger partial charge in [0, 0.05) is 17.3 Å². The molecule has 0 fully saturated rings. The second-order valence-electron chi connectivity index (χ2n) is 5.80. The zero-order valence-electron chi connectivity index (χ0n) is 11.4. The van der Waals surface area contributed by atoms with Gasteiger partial charge in [-0.05, 0) is 51.3 Å². The Morgan fingerprint density at radius 3 is 2.67 bits per heavy atom. The third-order valence-corrected chi connectivity index (χ3v) is 2.75. The van der Waals surface area contributed by atoms with Gasteiger partial charge in [-0.25, -0.2) is 0 Å². The van der Waals surface area contributed by atoms with Gasteiger partial charge in [0.2, 0.25) is 5.91 Å². The predicted octanol–water partition coefficient (Wildman–Crippen LogP) is 2.86. The van der Waals surface area contributed by atoms with E-state index in [4.69, 9.17) is 0 Å². The molecular weight excluding hydrogens is 224 g/mol. The lowest BCUT2D eigenvalue weighted by Gasteiger charge is -2.20. The second kappa shape index (κ2) is 4.48. The van der Waals surface area contributed by atoms with Crippen molar-refractivity contribution >= 4 is 16.8 Å².